The maximum Gasteiger partial charge on any atom is 0.251 e. The van der Waals surface area contributed by atoms with Crippen LogP contribution in [-0.4, -0.2) is 128 Å². The van der Waals surface area contributed by atoms with Crippen molar-refractivity contribution in [2.45, 2.75) is 61.2 Å². The molecule has 0 aromatic heterocycles. The van der Waals surface area contributed by atoms with Crippen LogP contribution in [0.3, 0.4) is 0 Å². The second kappa shape index (κ2) is 12.9. The number of hydrogen-bond acceptors (Lipinski definition) is 12. The van der Waals surface area contributed by atoms with Crippen molar-refractivity contribution in [3.63, 3.8) is 0 Å². The zero-order valence-electron chi connectivity index (χ0n) is 21.6. The van der Waals surface area contributed by atoms with Crippen molar-refractivity contribution < 1.29 is 59.9 Å². The molecule has 13 nitrogen and oxygen atoms in total. The van der Waals surface area contributed by atoms with Crippen LogP contribution in [0.5, 0.6) is 5.75 Å². The highest BCUT2D eigenvalue weighted by Crippen LogP contribution is 2.35. The van der Waals surface area contributed by atoms with E-state index in [1.165, 1.54) is 7.05 Å². The number of hydrogen-bond donors (Lipinski definition) is 9. The molecule has 2 fully saturated rings. The summed E-state index contributed by atoms with van der Waals surface area (Å²) in [5.74, 6) is -1.49. The number of rotatable bonds is 8. The van der Waals surface area contributed by atoms with Crippen LogP contribution in [0.4, 0.5) is 0 Å². The molecule has 2 aliphatic rings. The van der Waals surface area contributed by atoms with Gasteiger partial charge in [-0.15, -0.1) is 0 Å². The van der Waals surface area contributed by atoms with Gasteiger partial charge >= 0.3 is 0 Å². The molecular formula is C27H35NO12. The van der Waals surface area contributed by atoms with Crippen LogP contribution in [0, 0.1) is 5.92 Å². The van der Waals surface area contributed by atoms with E-state index in [0.29, 0.717) is 5.56 Å². The number of amides is 1. The summed E-state index contributed by atoms with van der Waals surface area (Å²) >= 11 is 0. The molecule has 11 atom stereocenters. The monoisotopic (exact) mass is 565 g/mol. The van der Waals surface area contributed by atoms with E-state index in [9.17, 15) is 45.6 Å². The number of carbonyl (C=O) groups is 1. The van der Waals surface area contributed by atoms with Crippen LogP contribution >= 0.6 is 0 Å². The highest BCUT2D eigenvalue weighted by atomic mass is 16.7. The number of carbonyl (C=O) groups excluding carboxylic acids is 1. The molecule has 4 rings (SSSR count). The van der Waals surface area contributed by atoms with Gasteiger partial charge in [-0.3, -0.25) is 4.79 Å². The third-order valence-corrected chi connectivity index (χ3v) is 7.39. The Morgan fingerprint density at radius 3 is 2.12 bits per heavy atom. The van der Waals surface area contributed by atoms with E-state index in [2.05, 4.69) is 5.32 Å². The molecule has 0 aliphatic carbocycles. The van der Waals surface area contributed by atoms with Gasteiger partial charge in [-0.05, 0) is 35.4 Å². The quantitative estimate of drug-likeness (QED) is 0.160. The number of aliphatic hydroxyl groups excluding tert-OH is 8. The topological polar surface area (TPSA) is 219 Å². The van der Waals surface area contributed by atoms with E-state index in [4.69, 9.17) is 14.2 Å². The Balaban J connectivity index is 1.52. The van der Waals surface area contributed by atoms with E-state index in [1.54, 1.807) is 42.5 Å². The number of aliphatic hydroxyl groups is 8. The molecule has 2 aromatic carbocycles. The lowest BCUT2D eigenvalue weighted by Gasteiger charge is -2.48. The molecule has 9 N–H and O–H groups in total. The van der Waals surface area contributed by atoms with Crippen LogP contribution in [0.15, 0.2) is 48.5 Å². The highest BCUT2D eigenvalue weighted by molar-refractivity contribution is 5.95. The number of ether oxygens (including phenoxy) is 3. The first-order chi connectivity index (χ1) is 19.1. The molecule has 0 saturated carbocycles. The van der Waals surface area contributed by atoms with Crippen LogP contribution in [-0.2, 0) is 9.47 Å². The minimum atomic E-state index is -1.84. The maximum atomic E-state index is 12.0. The average molecular weight is 566 g/mol. The Kier molecular flexibility index (Phi) is 9.74. The van der Waals surface area contributed by atoms with Gasteiger partial charge in [-0.2, -0.15) is 0 Å². The first-order valence-electron chi connectivity index (χ1n) is 12.8. The Bertz CT molecular complexity index is 1130. The van der Waals surface area contributed by atoms with Gasteiger partial charge in [0.1, 0.15) is 48.5 Å². The third kappa shape index (κ3) is 5.99. The summed E-state index contributed by atoms with van der Waals surface area (Å²) in [5.41, 5.74) is 2.02. The molecule has 2 heterocycles. The molecule has 1 amide bonds. The minimum Gasteiger partial charge on any atom is -0.462 e. The van der Waals surface area contributed by atoms with E-state index < -0.39 is 80.4 Å². The lowest BCUT2D eigenvalue weighted by Crippen LogP contribution is -2.67. The van der Waals surface area contributed by atoms with E-state index in [-0.39, 0.29) is 11.7 Å². The van der Waals surface area contributed by atoms with Crippen molar-refractivity contribution in [1.29, 1.82) is 0 Å². The Labute approximate surface area is 229 Å². The van der Waals surface area contributed by atoms with Crippen molar-refractivity contribution >= 4 is 5.91 Å². The molecule has 40 heavy (non-hydrogen) atoms. The first-order valence-corrected chi connectivity index (χ1v) is 12.8. The SMILES string of the molecule is CNC(=O)c1cccc(-c2ccc(O[C@H]3O[C@H](CO)[C@@H](O)[C@H](C(O)[C@H]4O[C@H](CO)[C@@H](O)[C@H](O)[C@@H]4O)[C@@H]3O)cc2)c1. The maximum absolute atomic E-state index is 12.0. The molecule has 220 valence electrons. The van der Waals surface area contributed by atoms with Crippen LogP contribution in [0.25, 0.3) is 11.1 Å². The zero-order valence-corrected chi connectivity index (χ0v) is 21.6. The largest absolute Gasteiger partial charge is 0.462 e. The Morgan fingerprint density at radius 1 is 0.850 bits per heavy atom. The van der Waals surface area contributed by atoms with Crippen molar-refractivity contribution in [3.8, 4) is 16.9 Å². The lowest BCUT2D eigenvalue weighted by molar-refractivity contribution is -0.301. The summed E-state index contributed by atoms with van der Waals surface area (Å²) in [4.78, 5) is 12.0. The van der Waals surface area contributed by atoms with Gasteiger partial charge in [0, 0.05) is 18.5 Å². The fourth-order valence-electron chi connectivity index (χ4n) is 5.09. The molecule has 0 spiro atoms. The molecule has 1 unspecified atom stereocenters. The van der Waals surface area contributed by atoms with Gasteiger partial charge in [0.15, 0.2) is 0 Å². The zero-order chi connectivity index (χ0) is 29.1. The molecule has 0 radical (unpaired) electrons. The van der Waals surface area contributed by atoms with Gasteiger partial charge in [-0.1, -0.05) is 24.3 Å². The first kappa shape index (κ1) is 30.3. The van der Waals surface area contributed by atoms with E-state index >= 15 is 0 Å². The summed E-state index contributed by atoms with van der Waals surface area (Å²) in [7, 11) is 1.54. The summed E-state index contributed by atoms with van der Waals surface area (Å²) in [5, 5.41) is 85.3. The highest BCUT2D eigenvalue weighted by Gasteiger charge is 2.54. The van der Waals surface area contributed by atoms with Crippen molar-refractivity contribution in [2.24, 2.45) is 5.92 Å². The fourth-order valence-corrected chi connectivity index (χ4v) is 5.09. The van der Waals surface area contributed by atoms with Gasteiger partial charge in [-0.25, -0.2) is 0 Å². The van der Waals surface area contributed by atoms with Crippen LogP contribution < -0.4 is 10.1 Å². The summed E-state index contributed by atoms with van der Waals surface area (Å²) in [6.07, 6.45) is -16.2. The Morgan fingerprint density at radius 2 is 1.50 bits per heavy atom. The molecule has 2 saturated heterocycles. The molecular weight excluding hydrogens is 530 g/mol. The number of nitrogens with one attached hydrogen (secondary N) is 1. The second-order valence-electron chi connectivity index (χ2n) is 9.87. The minimum absolute atomic E-state index is 0.230. The average Bonchev–Trinajstić information content (AvgIpc) is 2.97. The van der Waals surface area contributed by atoms with Gasteiger partial charge in [0.05, 0.1) is 25.4 Å². The van der Waals surface area contributed by atoms with Gasteiger partial charge in [0.2, 0.25) is 6.29 Å². The van der Waals surface area contributed by atoms with Crippen molar-refractivity contribution in [2.75, 3.05) is 20.3 Å². The van der Waals surface area contributed by atoms with E-state index in [1.807, 2.05) is 6.07 Å². The third-order valence-electron chi connectivity index (χ3n) is 7.39. The molecule has 0 bridgehead atoms. The summed E-state index contributed by atoms with van der Waals surface area (Å²) < 4.78 is 16.7. The Hall–Kier alpha value is -2.69. The van der Waals surface area contributed by atoms with Crippen LogP contribution in [0.1, 0.15) is 10.4 Å². The number of benzene rings is 2. The van der Waals surface area contributed by atoms with Crippen molar-refractivity contribution in [3.05, 3.63) is 54.1 Å². The summed E-state index contributed by atoms with van der Waals surface area (Å²) in [6, 6.07) is 13.6. The van der Waals surface area contributed by atoms with E-state index in [0.717, 1.165) is 11.1 Å². The second-order valence-corrected chi connectivity index (χ2v) is 9.87. The molecule has 2 aliphatic heterocycles. The van der Waals surface area contributed by atoms with Gasteiger partial charge < -0.3 is 60.4 Å². The predicted octanol–water partition coefficient (Wildman–Crippen LogP) is -2.65. The van der Waals surface area contributed by atoms with Crippen molar-refractivity contribution in [1.82, 2.24) is 5.32 Å². The smallest absolute Gasteiger partial charge is 0.251 e. The normalized spacial score (nSPS) is 35.1. The standard InChI is InChI=1S/C27H35NO12/c1-28-26(37)14-4-2-3-13(9-14)12-5-7-15(8-6-12)38-27-22(34)18(19(31)16(10-29)40-27)21(33)25-24(36)23(35)20(32)17(11-30)39-25/h2-9,16-25,27,29-36H,10-11H2,1H3,(H,28,37)/t16-,17-,18-,19-,20-,21?,22+,23+,24+,25-,27+/m1/s1. The molecule has 13 heteroatoms. The fraction of sp³-hybridized carbons (Fsp3) is 0.519. The lowest BCUT2D eigenvalue weighted by atomic mass is 9.79. The summed E-state index contributed by atoms with van der Waals surface area (Å²) in [6.45, 7) is -1.43. The molecule has 2 aromatic rings. The van der Waals surface area contributed by atoms with Gasteiger partial charge in [0.25, 0.3) is 5.91 Å². The van der Waals surface area contributed by atoms with Crippen LogP contribution in [0.2, 0.25) is 0 Å². The predicted molar refractivity (Wildman–Crippen MR) is 137 cm³/mol.